The molecule has 2 N–H and O–H groups in total. The van der Waals surface area contributed by atoms with Gasteiger partial charge >= 0.3 is 0 Å². The van der Waals surface area contributed by atoms with Crippen LogP contribution < -0.4 is 9.47 Å². The second-order valence-electron chi connectivity index (χ2n) is 3.01. The molecule has 0 spiro atoms. The van der Waals surface area contributed by atoms with Gasteiger partial charge < -0.3 is 19.7 Å². The van der Waals surface area contributed by atoms with Gasteiger partial charge in [0.15, 0.2) is 11.5 Å². The van der Waals surface area contributed by atoms with Gasteiger partial charge in [0, 0.05) is 5.56 Å². The molecule has 15 heavy (non-hydrogen) atoms. The first-order chi connectivity index (χ1) is 7.24. The lowest BCUT2D eigenvalue weighted by Gasteiger charge is -2.16. The van der Waals surface area contributed by atoms with Crippen LogP contribution in [-0.2, 0) is 0 Å². The van der Waals surface area contributed by atoms with E-state index in [0.717, 1.165) is 0 Å². The molecule has 0 aromatic heterocycles. The zero-order chi connectivity index (χ0) is 11.3. The van der Waals surface area contributed by atoms with Gasteiger partial charge in [-0.2, -0.15) is 0 Å². The minimum atomic E-state index is -0.944. The van der Waals surface area contributed by atoms with Crippen molar-refractivity contribution in [2.45, 2.75) is 13.0 Å². The molecule has 4 heteroatoms. The van der Waals surface area contributed by atoms with E-state index in [-0.39, 0.29) is 6.61 Å². The SMILES string of the molecule is CCOc1cccc(C(O)CO)c1OC. The van der Waals surface area contributed by atoms with Crippen LogP contribution in [0.2, 0.25) is 0 Å². The monoisotopic (exact) mass is 212 g/mol. The Bertz CT molecular complexity index is 311. The second-order valence-corrected chi connectivity index (χ2v) is 3.01. The summed E-state index contributed by atoms with van der Waals surface area (Å²) in [5.74, 6) is 1.05. The normalized spacial score (nSPS) is 12.3. The van der Waals surface area contributed by atoms with Crippen LogP contribution in [0, 0.1) is 0 Å². The molecule has 0 amide bonds. The van der Waals surface area contributed by atoms with Crippen LogP contribution in [0.5, 0.6) is 11.5 Å². The summed E-state index contributed by atoms with van der Waals surface area (Å²) in [7, 11) is 1.51. The number of rotatable bonds is 5. The number of aliphatic hydroxyl groups excluding tert-OH is 2. The summed E-state index contributed by atoms with van der Waals surface area (Å²) in [6, 6.07) is 5.21. The Labute approximate surface area is 89.1 Å². The van der Waals surface area contributed by atoms with Crippen molar-refractivity contribution in [1.29, 1.82) is 0 Å². The predicted molar refractivity (Wildman–Crippen MR) is 56.2 cm³/mol. The van der Waals surface area contributed by atoms with Crippen molar-refractivity contribution in [3.05, 3.63) is 23.8 Å². The molecule has 0 radical (unpaired) electrons. The van der Waals surface area contributed by atoms with Crippen LogP contribution in [0.15, 0.2) is 18.2 Å². The van der Waals surface area contributed by atoms with Crippen molar-refractivity contribution in [3.63, 3.8) is 0 Å². The number of aliphatic hydroxyl groups is 2. The average molecular weight is 212 g/mol. The van der Waals surface area contributed by atoms with Gasteiger partial charge in [0.25, 0.3) is 0 Å². The fourth-order valence-corrected chi connectivity index (χ4v) is 1.38. The lowest BCUT2D eigenvalue weighted by molar-refractivity contribution is 0.0928. The lowest BCUT2D eigenvalue weighted by Crippen LogP contribution is -2.06. The molecule has 1 aromatic carbocycles. The average Bonchev–Trinajstić information content (AvgIpc) is 2.28. The van der Waals surface area contributed by atoms with E-state index in [9.17, 15) is 5.11 Å². The summed E-state index contributed by atoms with van der Waals surface area (Å²) in [5.41, 5.74) is 0.533. The molecule has 0 fully saturated rings. The molecule has 0 aliphatic rings. The van der Waals surface area contributed by atoms with Gasteiger partial charge in [-0.1, -0.05) is 12.1 Å². The molecule has 0 aliphatic carbocycles. The van der Waals surface area contributed by atoms with Gasteiger partial charge in [0.2, 0.25) is 0 Å². The van der Waals surface area contributed by atoms with Gasteiger partial charge in [-0.25, -0.2) is 0 Å². The molecule has 1 rings (SSSR count). The summed E-state index contributed by atoms with van der Waals surface area (Å²) >= 11 is 0. The summed E-state index contributed by atoms with van der Waals surface area (Å²) in [5, 5.41) is 18.4. The van der Waals surface area contributed by atoms with E-state index < -0.39 is 6.10 Å². The topological polar surface area (TPSA) is 58.9 Å². The fourth-order valence-electron chi connectivity index (χ4n) is 1.38. The van der Waals surface area contributed by atoms with Crippen molar-refractivity contribution >= 4 is 0 Å². The smallest absolute Gasteiger partial charge is 0.166 e. The van der Waals surface area contributed by atoms with Crippen LogP contribution in [0.1, 0.15) is 18.6 Å². The number of methoxy groups -OCH3 is 1. The number of hydrogen-bond acceptors (Lipinski definition) is 4. The minimum absolute atomic E-state index is 0.341. The molecule has 1 unspecified atom stereocenters. The Morgan fingerprint density at radius 1 is 1.40 bits per heavy atom. The maximum absolute atomic E-state index is 9.55. The minimum Gasteiger partial charge on any atom is -0.492 e. The van der Waals surface area contributed by atoms with Gasteiger partial charge in [-0.15, -0.1) is 0 Å². The number of benzene rings is 1. The maximum Gasteiger partial charge on any atom is 0.166 e. The Morgan fingerprint density at radius 2 is 2.13 bits per heavy atom. The summed E-state index contributed by atoms with van der Waals surface area (Å²) < 4.78 is 10.5. The van der Waals surface area contributed by atoms with E-state index in [1.54, 1.807) is 18.2 Å². The standard InChI is InChI=1S/C11H16O4/c1-3-15-10-6-4-5-8(9(13)7-12)11(10)14-2/h4-6,9,12-13H,3,7H2,1-2H3. The highest BCUT2D eigenvalue weighted by atomic mass is 16.5. The van der Waals surface area contributed by atoms with E-state index >= 15 is 0 Å². The molecule has 84 valence electrons. The van der Waals surface area contributed by atoms with E-state index in [1.807, 2.05) is 6.92 Å². The van der Waals surface area contributed by atoms with Gasteiger partial charge in [0.1, 0.15) is 6.10 Å². The Hall–Kier alpha value is -1.26. The third kappa shape index (κ3) is 2.61. The van der Waals surface area contributed by atoms with E-state index in [2.05, 4.69) is 0 Å². The van der Waals surface area contributed by atoms with Crippen molar-refractivity contribution < 1.29 is 19.7 Å². The van der Waals surface area contributed by atoms with Crippen LogP contribution in [0.3, 0.4) is 0 Å². The quantitative estimate of drug-likeness (QED) is 0.768. The van der Waals surface area contributed by atoms with Gasteiger partial charge in [0.05, 0.1) is 20.3 Å². The number of ether oxygens (including phenoxy) is 2. The third-order valence-corrected chi connectivity index (χ3v) is 2.05. The Balaban J connectivity index is 3.09. The zero-order valence-electron chi connectivity index (χ0n) is 8.93. The fraction of sp³-hybridized carbons (Fsp3) is 0.455. The van der Waals surface area contributed by atoms with Crippen LogP contribution in [0.25, 0.3) is 0 Å². The Kier molecular flexibility index (Phi) is 4.39. The van der Waals surface area contributed by atoms with Gasteiger partial charge in [-0.05, 0) is 13.0 Å². The number of para-hydroxylation sites is 1. The number of hydrogen-bond donors (Lipinski definition) is 2. The highest BCUT2D eigenvalue weighted by Crippen LogP contribution is 2.34. The second kappa shape index (κ2) is 5.58. The van der Waals surface area contributed by atoms with Crippen molar-refractivity contribution in [1.82, 2.24) is 0 Å². The van der Waals surface area contributed by atoms with Crippen LogP contribution in [0.4, 0.5) is 0 Å². The van der Waals surface area contributed by atoms with Gasteiger partial charge in [-0.3, -0.25) is 0 Å². The predicted octanol–water partition coefficient (Wildman–Crippen LogP) is 1.12. The first-order valence-electron chi connectivity index (χ1n) is 4.83. The lowest BCUT2D eigenvalue weighted by atomic mass is 10.1. The highest BCUT2D eigenvalue weighted by Gasteiger charge is 2.15. The molecular weight excluding hydrogens is 196 g/mol. The zero-order valence-corrected chi connectivity index (χ0v) is 8.93. The molecule has 0 bridgehead atoms. The Morgan fingerprint density at radius 3 is 2.67 bits per heavy atom. The van der Waals surface area contributed by atoms with E-state index in [0.29, 0.717) is 23.7 Å². The maximum atomic E-state index is 9.55. The largest absolute Gasteiger partial charge is 0.492 e. The van der Waals surface area contributed by atoms with E-state index in [1.165, 1.54) is 7.11 Å². The summed E-state index contributed by atoms with van der Waals surface area (Å²) in [4.78, 5) is 0. The molecule has 0 saturated heterocycles. The molecular formula is C11H16O4. The van der Waals surface area contributed by atoms with Crippen LogP contribution >= 0.6 is 0 Å². The van der Waals surface area contributed by atoms with Crippen molar-refractivity contribution in [2.75, 3.05) is 20.3 Å². The molecule has 0 heterocycles. The molecule has 0 aliphatic heterocycles. The molecule has 0 saturated carbocycles. The molecule has 4 nitrogen and oxygen atoms in total. The first-order valence-corrected chi connectivity index (χ1v) is 4.83. The summed E-state index contributed by atoms with van der Waals surface area (Å²) in [6.07, 6.45) is -0.944. The first kappa shape index (κ1) is 11.8. The van der Waals surface area contributed by atoms with Crippen molar-refractivity contribution in [3.8, 4) is 11.5 Å². The van der Waals surface area contributed by atoms with Crippen LogP contribution in [-0.4, -0.2) is 30.5 Å². The van der Waals surface area contributed by atoms with Crippen molar-refractivity contribution in [2.24, 2.45) is 0 Å². The third-order valence-electron chi connectivity index (χ3n) is 2.05. The van der Waals surface area contributed by atoms with E-state index in [4.69, 9.17) is 14.6 Å². The highest BCUT2D eigenvalue weighted by molar-refractivity contribution is 5.47. The molecule has 1 aromatic rings. The molecule has 1 atom stereocenters. The summed E-state index contributed by atoms with van der Waals surface area (Å²) in [6.45, 7) is 2.05.